The maximum Gasteiger partial charge on any atom is 0.338 e. The van der Waals surface area contributed by atoms with E-state index >= 15 is 0 Å². The fourth-order valence-corrected chi connectivity index (χ4v) is 5.29. The van der Waals surface area contributed by atoms with Gasteiger partial charge in [0, 0.05) is 13.1 Å². The highest BCUT2D eigenvalue weighted by Crippen LogP contribution is 2.28. The summed E-state index contributed by atoms with van der Waals surface area (Å²) in [5.74, 6) is -1.09. The number of halogens is 1. The monoisotopic (exact) mass is 413 g/mol. The molecule has 0 aliphatic carbocycles. The Hall–Kier alpha value is -1.74. The van der Waals surface area contributed by atoms with Crippen LogP contribution in [0.3, 0.4) is 0 Å². The van der Waals surface area contributed by atoms with Crippen molar-refractivity contribution in [3.8, 4) is 0 Å². The normalized spacial score (nSPS) is 15.1. The summed E-state index contributed by atoms with van der Waals surface area (Å²) < 4.78 is 31.7. The van der Waals surface area contributed by atoms with Crippen LogP contribution < -0.4 is 0 Å². The molecule has 9 heteroatoms. The standard InChI is InChI=1S/C17H16ClNO5S2/c18-13-6-5-12(10-16(13)26(22,23)19-7-1-2-8-19)17(21)24-11-14(20)15-4-3-9-25-15/h3-6,9-10H,1-2,7-8,11H2. The third-order valence-corrected chi connectivity index (χ3v) is 7.27. The van der Waals surface area contributed by atoms with E-state index in [4.69, 9.17) is 16.3 Å². The highest BCUT2D eigenvalue weighted by atomic mass is 35.5. The second kappa shape index (κ2) is 7.87. The molecule has 1 aromatic heterocycles. The molecule has 0 bridgehead atoms. The van der Waals surface area contributed by atoms with Gasteiger partial charge in [0.1, 0.15) is 4.90 Å². The molecule has 0 unspecified atom stereocenters. The maximum atomic E-state index is 12.7. The summed E-state index contributed by atoms with van der Waals surface area (Å²) in [6, 6.07) is 7.30. The van der Waals surface area contributed by atoms with Crippen LogP contribution >= 0.6 is 22.9 Å². The smallest absolute Gasteiger partial charge is 0.338 e. The van der Waals surface area contributed by atoms with E-state index in [1.54, 1.807) is 17.5 Å². The number of esters is 1. The summed E-state index contributed by atoms with van der Waals surface area (Å²) in [5.41, 5.74) is 0.0335. The van der Waals surface area contributed by atoms with Gasteiger partial charge in [-0.2, -0.15) is 4.31 Å². The Morgan fingerprint density at radius 3 is 2.58 bits per heavy atom. The molecule has 0 N–H and O–H groups in total. The summed E-state index contributed by atoms with van der Waals surface area (Å²) in [5, 5.41) is 1.80. The molecule has 1 aliphatic rings. The van der Waals surface area contributed by atoms with E-state index in [2.05, 4.69) is 0 Å². The Labute approximate surface area is 160 Å². The van der Waals surface area contributed by atoms with Crippen LogP contribution in [0.1, 0.15) is 32.9 Å². The molecule has 0 amide bonds. The number of sulfonamides is 1. The van der Waals surface area contributed by atoms with Crippen molar-refractivity contribution < 1.29 is 22.7 Å². The van der Waals surface area contributed by atoms with Crippen molar-refractivity contribution in [2.75, 3.05) is 19.7 Å². The van der Waals surface area contributed by atoms with Gasteiger partial charge in [-0.05, 0) is 42.5 Å². The number of hydrogen-bond acceptors (Lipinski definition) is 6. The number of rotatable bonds is 6. The first-order valence-corrected chi connectivity index (χ1v) is 10.6. The van der Waals surface area contributed by atoms with Gasteiger partial charge >= 0.3 is 5.97 Å². The minimum absolute atomic E-state index is 0.0335. The van der Waals surface area contributed by atoms with Crippen molar-refractivity contribution in [1.29, 1.82) is 0 Å². The summed E-state index contributed by atoms with van der Waals surface area (Å²) in [4.78, 5) is 24.5. The quantitative estimate of drug-likeness (QED) is 0.536. The van der Waals surface area contributed by atoms with Gasteiger partial charge in [-0.25, -0.2) is 13.2 Å². The van der Waals surface area contributed by atoms with Gasteiger partial charge < -0.3 is 4.74 Å². The van der Waals surface area contributed by atoms with Crippen LogP contribution in [0.25, 0.3) is 0 Å². The van der Waals surface area contributed by atoms with E-state index in [1.165, 1.54) is 33.8 Å². The predicted octanol–water partition coefficient (Wildman–Crippen LogP) is 3.23. The molecule has 2 heterocycles. The maximum absolute atomic E-state index is 12.7. The minimum atomic E-state index is -3.76. The number of Topliss-reactive ketones (excluding diaryl/α,β-unsaturated/α-hetero) is 1. The van der Waals surface area contributed by atoms with Crippen LogP contribution in [-0.4, -0.2) is 44.2 Å². The van der Waals surface area contributed by atoms with Crippen molar-refractivity contribution in [3.63, 3.8) is 0 Å². The second-order valence-corrected chi connectivity index (χ2v) is 8.99. The summed E-state index contributed by atoms with van der Waals surface area (Å²) in [6.45, 7) is 0.460. The number of ketones is 1. The number of benzene rings is 1. The first-order valence-electron chi connectivity index (χ1n) is 7.93. The Morgan fingerprint density at radius 2 is 1.92 bits per heavy atom. The van der Waals surface area contributed by atoms with Crippen molar-refractivity contribution in [1.82, 2.24) is 4.31 Å². The summed E-state index contributed by atoms with van der Waals surface area (Å²) >= 11 is 7.31. The van der Waals surface area contributed by atoms with Gasteiger partial charge in [-0.15, -0.1) is 11.3 Å². The van der Waals surface area contributed by atoms with Crippen LogP contribution in [0, 0.1) is 0 Å². The van der Waals surface area contributed by atoms with E-state index in [-0.39, 0.29) is 21.3 Å². The van der Waals surface area contributed by atoms with Crippen LogP contribution in [0.15, 0.2) is 40.6 Å². The third kappa shape index (κ3) is 3.98. The lowest BCUT2D eigenvalue weighted by Gasteiger charge is -2.17. The fraction of sp³-hybridized carbons (Fsp3) is 0.294. The lowest BCUT2D eigenvalue weighted by molar-refractivity contribution is 0.0475. The topological polar surface area (TPSA) is 80.8 Å². The number of hydrogen-bond donors (Lipinski definition) is 0. The number of ether oxygens (including phenoxy) is 1. The van der Waals surface area contributed by atoms with Gasteiger partial charge in [-0.3, -0.25) is 4.79 Å². The number of thiophene rings is 1. The number of carbonyl (C=O) groups excluding carboxylic acids is 2. The van der Waals surface area contributed by atoms with Gasteiger partial charge in [0.2, 0.25) is 15.8 Å². The fourth-order valence-electron chi connectivity index (χ4n) is 2.62. The molecule has 2 aromatic rings. The minimum Gasteiger partial charge on any atom is -0.454 e. The zero-order valence-electron chi connectivity index (χ0n) is 13.7. The zero-order chi connectivity index (χ0) is 18.7. The Morgan fingerprint density at radius 1 is 1.19 bits per heavy atom. The van der Waals surface area contributed by atoms with Crippen molar-refractivity contribution in [2.45, 2.75) is 17.7 Å². The van der Waals surface area contributed by atoms with E-state index < -0.39 is 22.6 Å². The molecule has 6 nitrogen and oxygen atoms in total. The van der Waals surface area contributed by atoms with Crippen LogP contribution in [0.2, 0.25) is 5.02 Å². The molecule has 1 fully saturated rings. The van der Waals surface area contributed by atoms with Gasteiger partial charge in [0.25, 0.3) is 0 Å². The van der Waals surface area contributed by atoms with Crippen molar-refractivity contribution in [2.24, 2.45) is 0 Å². The summed E-state index contributed by atoms with van der Waals surface area (Å²) in [7, 11) is -3.76. The zero-order valence-corrected chi connectivity index (χ0v) is 16.1. The molecule has 0 radical (unpaired) electrons. The second-order valence-electron chi connectivity index (χ2n) is 5.73. The number of carbonyl (C=O) groups is 2. The molecular formula is C17H16ClNO5S2. The van der Waals surface area contributed by atoms with Gasteiger partial charge in [-0.1, -0.05) is 17.7 Å². The summed E-state index contributed by atoms with van der Waals surface area (Å²) in [6.07, 6.45) is 1.59. The average molecular weight is 414 g/mol. The van der Waals surface area contributed by atoms with Crippen molar-refractivity contribution >= 4 is 44.7 Å². The van der Waals surface area contributed by atoms with Gasteiger partial charge in [0.05, 0.1) is 15.5 Å². The van der Waals surface area contributed by atoms with E-state index in [0.29, 0.717) is 18.0 Å². The molecule has 138 valence electrons. The van der Waals surface area contributed by atoms with E-state index in [9.17, 15) is 18.0 Å². The SMILES string of the molecule is O=C(OCC(=O)c1cccs1)c1ccc(Cl)c(S(=O)(=O)N2CCCC2)c1. The largest absolute Gasteiger partial charge is 0.454 e. The first kappa shape index (κ1) is 19.0. The molecule has 1 aromatic carbocycles. The Kier molecular flexibility index (Phi) is 5.76. The highest BCUT2D eigenvalue weighted by Gasteiger charge is 2.30. The lowest BCUT2D eigenvalue weighted by atomic mass is 10.2. The van der Waals surface area contributed by atoms with Crippen LogP contribution in [0.5, 0.6) is 0 Å². The predicted molar refractivity (Wildman–Crippen MR) is 98.4 cm³/mol. The highest BCUT2D eigenvalue weighted by molar-refractivity contribution is 7.89. The molecule has 0 spiro atoms. The van der Waals surface area contributed by atoms with Crippen molar-refractivity contribution in [3.05, 3.63) is 51.2 Å². The van der Waals surface area contributed by atoms with Crippen LogP contribution in [-0.2, 0) is 14.8 Å². The average Bonchev–Trinajstić information content (AvgIpc) is 3.33. The first-order chi connectivity index (χ1) is 12.4. The molecule has 26 heavy (non-hydrogen) atoms. The Balaban J connectivity index is 1.76. The van der Waals surface area contributed by atoms with Gasteiger partial charge in [0.15, 0.2) is 6.61 Å². The third-order valence-electron chi connectivity index (χ3n) is 3.98. The number of nitrogens with zero attached hydrogens (tertiary/aromatic N) is 1. The molecule has 0 atom stereocenters. The molecule has 1 saturated heterocycles. The van der Waals surface area contributed by atoms with E-state index in [1.807, 2.05) is 0 Å². The molecular weight excluding hydrogens is 398 g/mol. The Bertz CT molecular complexity index is 919. The van der Waals surface area contributed by atoms with Crippen LogP contribution in [0.4, 0.5) is 0 Å². The van der Waals surface area contributed by atoms with E-state index in [0.717, 1.165) is 12.8 Å². The lowest BCUT2D eigenvalue weighted by Crippen LogP contribution is -2.28. The molecule has 3 rings (SSSR count). The molecule has 1 aliphatic heterocycles. The molecule has 0 saturated carbocycles.